The number of nitrogens with zero attached hydrogens (tertiary/aromatic N) is 2. The average molecular weight is 509 g/mol. The van der Waals surface area contributed by atoms with E-state index in [2.05, 4.69) is 41.1 Å². The van der Waals surface area contributed by atoms with Gasteiger partial charge in [0.2, 0.25) is 0 Å². The Kier molecular flexibility index (Phi) is 8.90. The molecule has 1 aromatic carbocycles. The number of hydrogen-bond donors (Lipinski definition) is 2. The lowest BCUT2D eigenvalue weighted by atomic mass is 9.89. The molecule has 3 rings (SSSR count). The summed E-state index contributed by atoms with van der Waals surface area (Å²) in [6.45, 7) is 4.90. The van der Waals surface area contributed by atoms with Gasteiger partial charge in [0, 0.05) is 47.5 Å². The first-order chi connectivity index (χ1) is 16.2. The van der Waals surface area contributed by atoms with Crippen LogP contribution in [0.1, 0.15) is 54.1 Å². The van der Waals surface area contributed by atoms with Gasteiger partial charge in [0.25, 0.3) is 5.91 Å². The minimum atomic E-state index is -0.310. The molecule has 7 nitrogen and oxygen atoms in total. The van der Waals surface area contributed by atoms with Crippen molar-refractivity contribution in [3.8, 4) is 5.88 Å². The van der Waals surface area contributed by atoms with Crippen molar-refractivity contribution in [3.63, 3.8) is 0 Å². The van der Waals surface area contributed by atoms with Gasteiger partial charge in [-0.2, -0.15) is 0 Å². The van der Waals surface area contributed by atoms with Gasteiger partial charge >= 0.3 is 0 Å². The fourth-order valence-electron chi connectivity index (χ4n) is 4.78. The maximum Gasteiger partial charge on any atom is 0.251 e. The highest BCUT2D eigenvalue weighted by Crippen LogP contribution is 2.34. The van der Waals surface area contributed by atoms with Crippen LogP contribution in [0, 0.1) is 6.92 Å². The number of nitrogens with one attached hydrogen (secondary N) is 2. The van der Waals surface area contributed by atoms with Crippen molar-refractivity contribution in [2.45, 2.75) is 58.2 Å². The van der Waals surface area contributed by atoms with Crippen molar-refractivity contribution in [3.05, 3.63) is 55.3 Å². The van der Waals surface area contributed by atoms with Gasteiger partial charge in [-0.1, -0.05) is 23.2 Å². The number of carbonyl (C=O) groups excluding carboxylic acids is 1. The second kappa shape index (κ2) is 11.5. The van der Waals surface area contributed by atoms with E-state index in [4.69, 9.17) is 27.9 Å². The first kappa shape index (κ1) is 26.4. The van der Waals surface area contributed by atoms with Gasteiger partial charge in [-0.15, -0.1) is 0 Å². The number of halogens is 2. The average Bonchev–Trinajstić information content (AvgIpc) is 2.80. The van der Waals surface area contributed by atoms with E-state index in [-0.39, 0.29) is 34.5 Å². The Bertz CT molecular complexity index is 1080. The molecular weight excluding hydrogens is 475 g/mol. The first-order valence-electron chi connectivity index (χ1n) is 11.6. The number of benzene rings is 1. The fourth-order valence-corrected chi connectivity index (χ4v) is 5.25. The summed E-state index contributed by atoms with van der Waals surface area (Å²) < 4.78 is 5.02. The SMILES string of the molecule is CCN(c1cc(Cl)cc(C(=O)NCc2c(Cl)[nH]c(OC)cc2=O)c1C)C1CCC(N(C)C)CC1. The number of amides is 1. The minimum absolute atomic E-state index is 0.00960. The summed E-state index contributed by atoms with van der Waals surface area (Å²) in [5, 5.41) is 3.46. The van der Waals surface area contributed by atoms with Crippen LogP contribution in [0.4, 0.5) is 5.69 Å². The molecule has 1 heterocycles. The largest absolute Gasteiger partial charge is 0.482 e. The molecule has 1 aliphatic rings. The lowest BCUT2D eigenvalue weighted by molar-refractivity contribution is 0.0950. The first-order valence-corrected chi connectivity index (χ1v) is 12.4. The van der Waals surface area contributed by atoms with Crippen molar-refractivity contribution >= 4 is 34.8 Å². The molecule has 0 spiro atoms. The molecule has 1 amide bonds. The summed E-state index contributed by atoms with van der Waals surface area (Å²) in [5.74, 6) is -0.0421. The maximum absolute atomic E-state index is 13.1. The number of anilines is 1. The molecule has 2 N–H and O–H groups in total. The Labute approximate surface area is 211 Å². The number of ether oxygens (including phenoxy) is 1. The Balaban J connectivity index is 1.81. The number of aromatic nitrogens is 1. The molecule has 0 atom stereocenters. The van der Waals surface area contributed by atoms with E-state index in [1.165, 1.54) is 13.2 Å². The van der Waals surface area contributed by atoms with Crippen LogP contribution in [0.3, 0.4) is 0 Å². The van der Waals surface area contributed by atoms with Gasteiger partial charge in [-0.3, -0.25) is 9.59 Å². The molecule has 1 aromatic heterocycles. The third kappa shape index (κ3) is 5.88. The summed E-state index contributed by atoms with van der Waals surface area (Å²) in [5.41, 5.74) is 2.30. The monoisotopic (exact) mass is 508 g/mol. The van der Waals surface area contributed by atoms with Gasteiger partial charge in [-0.25, -0.2) is 0 Å². The molecular formula is C25H34Cl2N4O3. The molecule has 1 aliphatic carbocycles. The van der Waals surface area contributed by atoms with Crippen molar-refractivity contribution in [2.75, 3.05) is 32.6 Å². The topological polar surface area (TPSA) is 77.7 Å². The normalized spacial score (nSPS) is 18.1. The second-order valence-electron chi connectivity index (χ2n) is 8.99. The Morgan fingerprint density at radius 3 is 2.35 bits per heavy atom. The lowest BCUT2D eigenvalue weighted by Gasteiger charge is -2.40. The predicted octanol–water partition coefficient (Wildman–Crippen LogP) is 4.63. The van der Waals surface area contributed by atoms with Crippen molar-refractivity contribution in [2.24, 2.45) is 0 Å². The van der Waals surface area contributed by atoms with E-state index in [1.54, 1.807) is 6.07 Å². The number of carbonyl (C=O) groups is 1. The Morgan fingerprint density at radius 1 is 1.15 bits per heavy atom. The number of methoxy groups -OCH3 is 1. The Morgan fingerprint density at radius 2 is 1.79 bits per heavy atom. The van der Waals surface area contributed by atoms with Gasteiger partial charge in [-0.05, 0) is 71.3 Å². The minimum Gasteiger partial charge on any atom is -0.482 e. The summed E-state index contributed by atoms with van der Waals surface area (Å²) in [6.07, 6.45) is 4.50. The summed E-state index contributed by atoms with van der Waals surface area (Å²) in [7, 11) is 5.72. The molecule has 186 valence electrons. The number of hydrogen-bond acceptors (Lipinski definition) is 5. The van der Waals surface area contributed by atoms with Crippen LogP contribution in [0.25, 0.3) is 0 Å². The van der Waals surface area contributed by atoms with Crippen LogP contribution in [0.5, 0.6) is 5.88 Å². The van der Waals surface area contributed by atoms with Crippen molar-refractivity contribution in [1.29, 1.82) is 0 Å². The smallest absolute Gasteiger partial charge is 0.251 e. The second-order valence-corrected chi connectivity index (χ2v) is 9.80. The quantitative estimate of drug-likeness (QED) is 0.508. The molecule has 0 unspecified atom stereocenters. The third-order valence-electron chi connectivity index (χ3n) is 6.78. The lowest BCUT2D eigenvalue weighted by Crippen LogP contribution is -2.42. The van der Waals surface area contributed by atoms with Crippen LogP contribution in [0.15, 0.2) is 23.0 Å². The maximum atomic E-state index is 13.1. The van der Waals surface area contributed by atoms with Crippen molar-refractivity contribution < 1.29 is 9.53 Å². The molecule has 9 heteroatoms. The molecule has 0 bridgehead atoms. The Hall–Kier alpha value is -2.22. The zero-order valence-corrected chi connectivity index (χ0v) is 22.0. The molecule has 0 aliphatic heterocycles. The number of aromatic amines is 1. The number of H-pyrrole nitrogens is 1. The zero-order valence-electron chi connectivity index (χ0n) is 20.5. The molecule has 1 fully saturated rings. The van der Waals surface area contributed by atoms with Gasteiger partial charge in [0.05, 0.1) is 12.7 Å². The van der Waals surface area contributed by atoms with Crippen LogP contribution >= 0.6 is 23.2 Å². The summed E-state index contributed by atoms with van der Waals surface area (Å²) >= 11 is 12.7. The van der Waals surface area contributed by atoms with E-state index in [9.17, 15) is 9.59 Å². The van der Waals surface area contributed by atoms with E-state index in [0.29, 0.717) is 22.7 Å². The van der Waals surface area contributed by atoms with Crippen LogP contribution in [0.2, 0.25) is 10.2 Å². The molecule has 2 aromatic rings. The van der Waals surface area contributed by atoms with E-state index in [0.717, 1.165) is 43.5 Å². The van der Waals surface area contributed by atoms with Crippen LogP contribution < -0.4 is 20.4 Å². The molecule has 34 heavy (non-hydrogen) atoms. The molecule has 0 saturated heterocycles. The molecule has 1 saturated carbocycles. The van der Waals surface area contributed by atoms with Gasteiger partial charge < -0.3 is 24.8 Å². The highest BCUT2D eigenvalue weighted by Gasteiger charge is 2.28. The zero-order chi connectivity index (χ0) is 25.0. The van der Waals surface area contributed by atoms with Crippen molar-refractivity contribution in [1.82, 2.24) is 15.2 Å². The van der Waals surface area contributed by atoms with Gasteiger partial charge in [0.15, 0.2) is 11.3 Å². The van der Waals surface area contributed by atoms with Crippen LogP contribution in [-0.4, -0.2) is 55.6 Å². The summed E-state index contributed by atoms with van der Waals surface area (Å²) in [6, 6.07) is 5.95. The highest BCUT2D eigenvalue weighted by atomic mass is 35.5. The van der Waals surface area contributed by atoms with Gasteiger partial charge in [0.1, 0.15) is 5.15 Å². The van der Waals surface area contributed by atoms with E-state index >= 15 is 0 Å². The predicted molar refractivity (Wildman–Crippen MR) is 139 cm³/mol. The number of pyridine rings is 1. The molecule has 0 radical (unpaired) electrons. The highest BCUT2D eigenvalue weighted by molar-refractivity contribution is 6.31. The van der Waals surface area contributed by atoms with E-state index in [1.807, 2.05) is 13.0 Å². The fraction of sp³-hybridized carbons (Fsp3) is 0.520. The van der Waals surface area contributed by atoms with E-state index < -0.39 is 0 Å². The standard InChI is InChI=1S/C25H34Cl2N4O3/c1-6-31(18-9-7-17(8-10-18)30(3)4)21-12-16(26)11-19(15(21)2)25(33)28-14-20-22(32)13-23(34-5)29-24(20)27/h11-13,17-18H,6-10,14H2,1-5H3,(H,28,33)(H,29,32). The third-order valence-corrected chi connectivity index (χ3v) is 7.32. The van der Waals surface area contributed by atoms with Crippen LogP contribution in [-0.2, 0) is 6.54 Å². The summed E-state index contributed by atoms with van der Waals surface area (Å²) in [4.78, 5) is 32.9. The number of rotatable bonds is 8.